The summed E-state index contributed by atoms with van der Waals surface area (Å²) in [6.45, 7) is 2.07. The van der Waals surface area contributed by atoms with Crippen LogP contribution in [0.5, 0.6) is 0 Å². The maximum Gasteiger partial charge on any atom is 0.410 e. The minimum absolute atomic E-state index is 0.320. The normalized spacial score (nSPS) is 14.9. The van der Waals surface area contributed by atoms with Crippen molar-refractivity contribution >= 4 is 6.09 Å². The first-order chi connectivity index (χ1) is 6.43. The molecule has 0 aromatic carbocycles. The van der Waals surface area contributed by atoms with Gasteiger partial charge in [0.2, 0.25) is 0 Å². The van der Waals surface area contributed by atoms with E-state index in [2.05, 4.69) is 9.47 Å². The molecule has 0 bridgehead atoms. The third-order valence-electron chi connectivity index (χ3n) is 1.21. The first kappa shape index (κ1) is 13.1. The van der Waals surface area contributed by atoms with E-state index in [0.29, 0.717) is 0 Å². The van der Waals surface area contributed by atoms with E-state index in [-0.39, 0.29) is 13.5 Å². The van der Waals surface area contributed by atoms with Crippen LogP contribution in [0.3, 0.4) is 0 Å². The van der Waals surface area contributed by atoms with E-state index >= 15 is 0 Å². The van der Waals surface area contributed by atoms with Crippen LogP contribution in [0, 0.1) is 0 Å². The summed E-state index contributed by atoms with van der Waals surface area (Å²) in [5.74, 6) is 0. The summed E-state index contributed by atoms with van der Waals surface area (Å²) in [6, 6.07) is 0. The molecule has 0 saturated carbocycles. The van der Waals surface area contributed by atoms with Gasteiger partial charge in [-0.2, -0.15) is 0 Å². The van der Waals surface area contributed by atoms with Crippen molar-refractivity contribution in [3.8, 4) is 0 Å². The Morgan fingerprint density at radius 2 is 1.57 bits per heavy atom. The average molecular weight is 209 g/mol. The molecule has 2 atom stereocenters. The van der Waals surface area contributed by atoms with Gasteiger partial charge in [-0.15, -0.1) is 0 Å². The maximum atomic E-state index is 10.5. The number of aliphatic hydroxyl groups is 2. The van der Waals surface area contributed by atoms with Gasteiger partial charge in [0.05, 0.1) is 0 Å². The second kappa shape index (κ2) is 6.55. The lowest BCUT2D eigenvalue weighted by molar-refractivity contribution is -0.158. The molecule has 0 aliphatic carbocycles. The second-order valence-electron chi connectivity index (χ2n) is 2.61. The van der Waals surface area contributed by atoms with Crippen molar-refractivity contribution in [3.63, 3.8) is 0 Å². The van der Waals surface area contributed by atoms with Crippen molar-refractivity contribution in [2.24, 2.45) is 0 Å². The van der Waals surface area contributed by atoms with E-state index in [1.165, 1.54) is 13.8 Å². The smallest absolute Gasteiger partial charge is 0.410 e. The summed E-state index contributed by atoms with van der Waals surface area (Å²) in [5, 5.41) is 26.1. The molecule has 0 aromatic heterocycles. The zero-order valence-electron chi connectivity index (χ0n) is 8.08. The lowest BCUT2D eigenvalue weighted by Crippen LogP contribution is -2.36. The van der Waals surface area contributed by atoms with Crippen LogP contribution in [-0.4, -0.2) is 52.4 Å². The third-order valence-corrected chi connectivity index (χ3v) is 1.21. The Hall–Kier alpha value is -0.890. The van der Waals surface area contributed by atoms with Crippen molar-refractivity contribution in [3.05, 3.63) is 0 Å². The van der Waals surface area contributed by atoms with Crippen LogP contribution < -0.4 is 0 Å². The lowest BCUT2D eigenvalue weighted by atomic mass is 10.7. The van der Waals surface area contributed by atoms with Gasteiger partial charge in [-0.25, -0.2) is 4.79 Å². The summed E-state index contributed by atoms with van der Waals surface area (Å²) in [7, 11) is 0. The molecule has 0 aliphatic heterocycles. The monoisotopic (exact) mass is 209 g/mol. The molecule has 0 aromatic rings. The van der Waals surface area contributed by atoms with Crippen molar-refractivity contribution in [1.29, 1.82) is 0 Å². The van der Waals surface area contributed by atoms with Gasteiger partial charge in [-0.3, -0.25) is 4.90 Å². The molecule has 14 heavy (non-hydrogen) atoms. The molecule has 0 heterocycles. The minimum atomic E-state index is -1.26. The number of aliphatic hydroxyl groups excluding tert-OH is 2. The Kier molecular flexibility index (Phi) is 6.13. The third kappa shape index (κ3) is 6.61. The SMILES string of the molecule is CC(O)OCN(COC(C)O)C(=O)O. The van der Waals surface area contributed by atoms with E-state index in [1.807, 2.05) is 0 Å². The van der Waals surface area contributed by atoms with Gasteiger partial charge in [0, 0.05) is 0 Å². The quantitative estimate of drug-likeness (QED) is 0.514. The second-order valence-corrected chi connectivity index (χ2v) is 2.61. The van der Waals surface area contributed by atoms with Crippen LogP contribution >= 0.6 is 0 Å². The highest BCUT2D eigenvalue weighted by Crippen LogP contribution is 1.95. The molecular formula is C7H15NO6. The van der Waals surface area contributed by atoms with E-state index in [0.717, 1.165) is 4.90 Å². The molecule has 2 unspecified atom stereocenters. The van der Waals surface area contributed by atoms with Crippen LogP contribution in [0.15, 0.2) is 0 Å². The number of carboxylic acid groups (broad SMARTS) is 1. The number of nitrogens with zero attached hydrogens (tertiary/aromatic N) is 1. The van der Waals surface area contributed by atoms with Crippen molar-refractivity contribution in [1.82, 2.24) is 4.90 Å². The first-order valence-electron chi connectivity index (χ1n) is 4.00. The number of amides is 1. The van der Waals surface area contributed by atoms with Gasteiger partial charge in [0.15, 0.2) is 12.6 Å². The molecule has 7 heteroatoms. The van der Waals surface area contributed by atoms with Gasteiger partial charge in [0.1, 0.15) is 13.5 Å². The Labute approximate surface area is 81.5 Å². The predicted octanol–water partition coefficient (Wildman–Crippen LogP) is -0.409. The zero-order chi connectivity index (χ0) is 11.1. The fourth-order valence-corrected chi connectivity index (χ4v) is 0.543. The minimum Gasteiger partial charge on any atom is -0.465 e. The summed E-state index contributed by atoms with van der Waals surface area (Å²) in [4.78, 5) is 11.3. The number of carbonyl (C=O) groups is 1. The Bertz CT molecular complexity index is 160. The van der Waals surface area contributed by atoms with E-state index < -0.39 is 18.7 Å². The van der Waals surface area contributed by atoms with Crippen LogP contribution in [0.4, 0.5) is 4.79 Å². The Morgan fingerprint density at radius 3 is 1.79 bits per heavy atom. The summed E-state index contributed by atoms with van der Waals surface area (Å²) < 4.78 is 9.27. The fourth-order valence-electron chi connectivity index (χ4n) is 0.543. The van der Waals surface area contributed by atoms with Gasteiger partial charge in [0.25, 0.3) is 0 Å². The molecular weight excluding hydrogens is 194 g/mol. The molecule has 0 saturated heterocycles. The molecule has 0 rings (SSSR count). The molecule has 3 N–H and O–H groups in total. The molecule has 84 valence electrons. The topological polar surface area (TPSA) is 99.5 Å². The maximum absolute atomic E-state index is 10.5. The average Bonchev–Trinajstić information content (AvgIpc) is 2.02. The van der Waals surface area contributed by atoms with E-state index in [9.17, 15) is 4.79 Å². The first-order valence-corrected chi connectivity index (χ1v) is 4.00. The highest BCUT2D eigenvalue weighted by atomic mass is 16.6. The lowest BCUT2D eigenvalue weighted by Gasteiger charge is -2.20. The predicted molar refractivity (Wildman–Crippen MR) is 45.1 cm³/mol. The van der Waals surface area contributed by atoms with E-state index in [4.69, 9.17) is 15.3 Å². The van der Waals surface area contributed by atoms with Crippen molar-refractivity contribution < 1.29 is 29.6 Å². The standard InChI is InChI=1S/C7H15NO6/c1-5(9)13-3-8(7(11)12)4-14-6(2)10/h5-6,9-10H,3-4H2,1-2H3,(H,11,12). The molecule has 0 aliphatic rings. The largest absolute Gasteiger partial charge is 0.465 e. The van der Waals surface area contributed by atoms with Crippen molar-refractivity contribution in [2.45, 2.75) is 26.4 Å². The van der Waals surface area contributed by atoms with Gasteiger partial charge in [-0.05, 0) is 13.8 Å². The Morgan fingerprint density at radius 1 is 1.21 bits per heavy atom. The molecule has 1 amide bonds. The number of ether oxygens (including phenoxy) is 2. The van der Waals surface area contributed by atoms with Crippen molar-refractivity contribution in [2.75, 3.05) is 13.5 Å². The molecule has 7 nitrogen and oxygen atoms in total. The van der Waals surface area contributed by atoms with Gasteiger partial charge in [-0.1, -0.05) is 0 Å². The summed E-state index contributed by atoms with van der Waals surface area (Å²) in [5.41, 5.74) is 0. The van der Waals surface area contributed by atoms with Gasteiger partial charge >= 0.3 is 6.09 Å². The number of hydrogen-bond donors (Lipinski definition) is 3. The molecule has 0 spiro atoms. The fraction of sp³-hybridized carbons (Fsp3) is 0.857. The van der Waals surface area contributed by atoms with Crippen LogP contribution in [0.2, 0.25) is 0 Å². The van der Waals surface area contributed by atoms with E-state index in [1.54, 1.807) is 0 Å². The molecule has 0 radical (unpaired) electrons. The highest BCUT2D eigenvalue weighted by molar-refractivity contribution is 5.64. The summed E-state index contributed by atoms with van der Waals surface area (Å²) >= 11 is 0. The highest BCUT2D eigenvalue weighted by Gasteiger charge is 2.13. The van der Waals surface area contributed by atoms with Crippen LogP contribution in [-0.2, 0) is 9.47 Å². The Balaban J connectivity index is 3.84. The van der Waals surface area contributed by atoms with Gasteiger partial charge < -0.3 is 24.8 Å². The zero-order valence-corrected chi connectivity index (χ0v) is 8.08. The van der Waals surface area contributed by atoms with Crippen LogP contribution in [0.1, 0.15) is 13.8 Å². The molecule has 0 fully saturated rings. The summed E-state index contributed by atoms with van der Waals surface area (Å²) in [6.07, 6.45) is -3.36. The van der Waals surface area contributed by atoms with Crippen LogP contribution in [0.25, 0.3) is 0 Å². The number of rotatable bonds is 6. The number of hydrogen-bond acceptors (Lipinski definition) is 5.